The van der Waals surface area contributed by atoms with E-state index in [9.17, 15) is 4.79 Å². The third kappa shape index (κ3) is 1.91. The van der Waals surface area contributed by atoms with Crippen LogP contribution in [-0.4, -0.2) is 49.7 Å². The summed E-state index contributed by atoms with van der Waals surface area (Å²) in [6, 6.07) is 1.13. The molecule has 0 aromatic heterocycles. The molecule has 0 saturated carbocycles. The van der Waals surface area contributed by atoms with E-state index in [4.69, 9.17) is 4.74 Å². The Morgan fingerprint density at radius 1 is 1.43 bits per heavy atom. The number of hydrogen-bond donors (Lipinski definition) is 1. The van der Waals surface area contributed by atoms with Gasteiger partial charge in [-0.15, -0.1) is 0 Å². The first-order valence-electron chi connectivity index (χ1n) is 5.34. The first-order valence-corrected chi connectivity index (χ1v) is 5.34. The van der Waals surface area contributed by atoms with Crippen LogP contribution in [-0.2, 0) is 9.53 Å². The highest BCUT2D eigenvalue weighted by molar-refractivity contribution is 5.71. The van der Waals surface area contributed by atoms with Crippen LogP contribution in [0.5, 0.6) is 0 Å². The normalized spacial score (nSPS) is 32.6. The van der Waals surface area contributed by atoms with Crippen molar-refractivity contribution in [2.24, 2.45) is 0 Å². The third-order valence-electron chi connectivity index (χ3n) is 3.34. The molecule has 80 valence electrons. The molecule has 2 bridgehead atoms. The van der Waals surface area contributed by atoms with Crippen molar-refractivity contribution in [1.82, 2.24) is 10.2 Å². The Balaban J connectivity index is 1.98. The number of hydrogen-bond acceptors (Lipinski definition) is 4. The molecule has 2 aliphatic rings. The number of ether oxygens (including phenoxy) is 1. The first-order chi connectivity index (χ1) is 6.81. The van der Waals surface area contributed by atoms with Gasteiger partial charge in [0.15, 0.2) is 0 Å². The van der Waals surface area contributed by atoms with Crippen LogP contribution in [0.15, 0.2) is 0 Å². The summed E-state index contributed by atoms with van der Waals surface area (Å²) in [6.45, 7) is 2.57. The summed E-state index contributed by atoms with van der Waals surface area (Å²) in [5, 5.41) is 3.41. The second-order valence-corrected chi connectivity index (χ2v) is 4.13. The van der Waals surface area contributed by atoms with Gasteiger partial charge in [0.1, 0.15) is 0 Å². The monoisotopic (exact) mass is 198 g/mol. The van der Waals surface area contributed by atoms with Crippen LogP contribution in [0, 0.1) is 0 Å². The molecular formula is C10H18N2O2. The van der Waals surface area contributed by atoms with Gasteiger partial charge in [-0.05, 0) is 25.8 Å². The van der Waals surface area contributed by atoms with Crippen molar-refractivity contribution < 1.29 is 9.53 Å². The zero-order valence-corrected chi connectivity index (χ0v) is 8.66. The summed E-state index contributed by atoms with van der Waals surface area (Å²) < 4.78 is 4.72. The van der Waals surface area contributed by atoms with Gasteiger partial charge in [0, 0.05) is 18.6 Å². The van der Waals surface area contributed by atoms with Gasteiger partial charge in [0.25, 0.3) is 0 Å². The maximum absolute atomic E-state index is 11.2. The number of nitrogens with one attached hydrogen (secondary N) is 1. The van der Waals surface area contributed by atoms with E-state index in [1.54, 1.807) is 0 Å². The fourth-order valence-corrected chi connectivity index (χ4v) is 2.55. The summed E-state index contributed by atoms with van der Waals surface area (Å²) in [5.41, 5.74) is 0. The predicted octanol–water partition coefficient (Wildman–Crippen LogP) is -0.0143. The number of carbonyl (C=O) groups excluding carboxylic acids is 1. The quantitative estimate of drug-likeness (QED) is 0.633. The Kier molecular flexibility index (Phi) is 3.03. The lowest BCUT2D eigenvalue weighted by atomic mass is 10.1. The number of carbonyl (C=O) groups is 1. The lowest BCUT2D eigenvalue weighted by Gasteiger charge is -2.25. The lowest BCUT2D eigenvalue weighted by molar-refractivity contribution is -0.142. The van der Waals surface area contributed by atoms with Crippen molar-refractivity contribution in [2.75, 3.05) is 26.7 Å². The number of esters is 1. The number of fused-ring (bicyclic) bond motifs is 2. The van der Waals surface area contributed by atoms with E-state index in [-0.39, 0.29) is 5.97 Å². The summed E-state index contributed by atoms with van der Waals surface area (Å²) in [7, 11) is 1.46. The number of methoxy groups -OCH3 is 1. The number of rotatable bonds is 2. The maximum Gasteiger partial charge on any atom is 0.319 e. The van der Waals surface area contributed by atoms with Crippen molar-refractivity contribution in [3.8, 4) is 0 Å². The molecule has 0 aliphatic carbocycles. The first kappa shape index (κ1) is 9.93. The Morgan fingerprint density at radius 2 is 2.21 bits per heavy atom. The van der Waals surface area contributed by atoms with Crippen LogP contribution >= 0.6 is 0 Å². The highest BCUT2D eigenvalue weighted by atomic mass is 16.5. The molecule has 0 radical (unpaired) electrons. The molecule has 0 amide bonds. The third-order valence-corrected chi connectivity index (χ3v) is 3.34. The molecule has 4 nitrogen and oxygen atoms in total. The molecule has 2 heterocycles. The Morgan fingerprint density at radius 3 is 3.00 bits per heavy atom. The highest BCUT2D eigenvalue weighted by Gasteiger charge is 2.35. The maximum atomic E-state index is 11.2. The molecule has 2 aliphatic heterocycles. The zero-order chi connectivity index (χ0) is 9.97. The van der Waals surface area contributed by atoms with Gasteiger partial charge in [0.05, 0.1) is 13.7 Å². The Hall–Kier alpha value is -0.610. The SMILES string of the molecule is COC(=O)CN1C2CCNCC1CC2. The van der Waals surface area contributed by atoms with E-state index in [0.717, 1.165) is 19.5 Å². The van der Waals surface area contributed by atoms with Gasteiger partial charge in [-0.1, -0.05) is 0 Å². The molecule has 0 aromatic carbocycles. The average molecular weight is 198 g/mol. The van der Waals surface area contributed by atoms with Gasteiger partial charge >= 0.3 is 5.97 Å². The fraction of sp³-hybridized carbons (Fsp3) is 0.900. The molecule has 2 rings (SSSR count). The van der Waals surface area contributed by atoms with E-state index >= 15 is 0 Å². The highest BCUT2D eigenvalue weighted by Crippen LogP contribution is 2.27. The minimum atomic E-state index is -0.108. The van der Waals surface area contributed by atoms with Crippen molar-refractivity contribution in [1.29, 1.82) is 0 Å². The van der Waals surface area contributed by atoms with Crippen LogP contribution < -0.4 is 5.32 Å². The smallest absolute Gasteiger partial charge is 0.319 e. The second kappa shape index (κ2) is 4.28. The van der Waals surface area contributed by atoms with Crippen LogP contribution in [0.25, 0.3) is 0 Å². The van der Waals surface area contributed by atoms with Gasteiger partial charge in [-0.3, -0.25) is 9.69 Å². The minimum absolute atomic E-state index is 0.108. The topological polar surface area (TPSA) is 41.6 Å². The zero-order valence-electron chi connectivity index (χ0n) is 8.66. The van der Waals surface area contributed by atoms with Gasteiger partial charge in [-0.25, -0.2) is 0 Å². The predicted molar refractivity (Wildman–Crippen MR) is 53.0 cm³/mol. The van der Waals surface area contributed by atoms with Gasteiger partial charge in [-0.2, -0.15) is 0 Å². The van der Waals surface area contributed by atoms with E-state index < -0.39 is 0 Å². The van der Waals surface area contributed by atoms with E-state index in [1.165, 1.54) is 20.0 Å². The second-order valence-electron chi connectivity index (χ2n) is 4.13. The molecule has 1 N–H and O–H groups in total. The molecular weight excluding hydrogens is 180 g/mol. The molecule has 0 aromatic rings. The lowest BCUT2D eigenvalue weighted by Crippen LogP contribution is -2.41. The summed E-state index contributed by atoms with van der Waals surface area (Å²) in [6.07, 6.45) is 3.62. The molecule has 4 heteroatoms. The fourth-order valence-electron chi connectivity index (χ4n) is 2.55. The molecule has 14 heavy (non-hydrogen) atoms. The largest absolute Gasteiger partial charge is 0.468 e. The van der Waals surface area contributed by atoms with Crippen LogP contribution in [0.2, 0.25) is 0 Å². The van der Waals surface area contributed by atoms with Crippen molar-refractivity contribution >= 4 is 5.97 Å². The molecule has 2 unspecified atom stereocenters. The molecule has 0 spiro atoms. The summed E-state index contributed by atoms with van der Waals surface area (Å²) in [4.78, 5) is 13.5. The van der Waals surface area contributed by atoms with Crippen molar-refractivity contribution in [3.63, 3.8) is 0 Å². The van der Waals surface area contributed by atoms with E-state index in [0.29, 0.717) is 18.6 Å². The number of nitrogens with zero attached hydrogens (tertiary/aromatic N) is 1. The standard InChI is InChI=1S/C10H18N2O2/c1-14-10(13)7-12-8-2-3-9(12)6-11-5-4-8/h8-9,11H,2-7H2,1H3. The van der Waals surface area contributed by atoms with Gasteiger partial charge < -0.3 is 10.1 Å². The molecule has 2 fully saturated rings. The Bertz CT molecular complexity index is 206. The van der Waals surface area contributed by atoms with Crippen LogP contribution in [0.4, 0.5) is 0 Å². The van der Waals surface area contributed by atoms with Gasteiger partial charge in [0.2, 0.25) is 0 Å². The Labute approximate surface area is 84.6 Å². The van der Waals surface area contributed by atoms with Crippen LogP contribution in [0.3, 0.4) is 0 Å². The minimum Gasteiger partial charge on any atom is -0.468 e. The van der Waals surface area contributed by atoms with E-state index in [2.05, 4.69) is 10.2 Å². The van der Waals surface area contributed by atoms with Crippen molar-refractivity contribution in [2.45, 2.75) is 31.3 Å². The average Bonchev–Trinajstić information content (AvgIpc) is 2.40. The van der Waals surface area contributed by atoms with Crippen molar-refractivity contribution in [3.05, 3.63) is 0 Å². The van der Waals surface area contributed by atoms with Crippen LogP contribution in [0.1, 0.15) is 19.3 Å². The van der Waals surface area contributed by atoms with E-state index in [1.807, 2.05) is 0 Å². The molecule has 2 saturated heterocycles. The molecule has 2 atom stereocenters. The summed E-state index contributed by atoms with van der Waals surface area (Å²) >= 11 is 0. The summed E-state index contributed by atoms with van der Waals surface area (Å²) in [5.74, 6) is -0.108.